The van der Waals surface area contributed by atoms with Crippen molar-refractivity contribution in [2.75, 3.05) is 11.9 Å². The first-order valence-corrected chi connectivity index (χ1v) is 7.27. The molecule has 4 rings (SSSR count). The molecule has 104 valence electrons. The third-order valence-electron chi connectivity index (χ3n) is 4.27. The van der Waals surface area contributed by atoms with Gasteiger partial charge in [0.05, 0.1) is 0 Å². The molecule has 2 aromatic rings. The van der Waals surface area contributed by atoms with Crippen LogP contribution in [-0.4, -0.2) is 31.0 Å². The standard InChI is InChI=1S/C13H15ClN6/c14-10-17-11(16-7-13(3-4-13)9-1-2-9)19-12(18-10)20-6-5-15-8-20/h5-6,8-9H,1-4,7H2,(H,16,17,18,19). The van der Waals surface area contributed by atoms with E-state index in [2.05, 4.69) is 25.3 Å². The molecule has 0 amide bonds. The van der Waals surface area contributed by atoms with Crippen molar-refractivity contribution in [3.8, 4) is 5.95 Å². The monoisotopic (exact) mass is 290 g/mol. The average Bonchev–Trinajstić information content (AvgIpc) is 3.34. The third-order valence-corrected chi connectivity index (χ3v) is 4.43. The molecule has 1 N–H and O–H groups in total. The smallest absolute Gasteiger partial charge is 0.241 e. The second kappa shape index (κ2) is 4.41. The molecule has 7 heteroatoms. The van der Waals surface area contributed by atoms with E-state index >= 15 is 0 Å². The van der Waals surface area contributed by atoms with E-state index in [4.69, 9.17) is 11.6 Å². The predicted molar refractivity (Wildman–Crippen MR) is 74.8 cm³/mol. The first-order valence-electron chi connectivity index (χ1n) is 6.89. The Balaban J connectivity index is 1.53. The van der Waals surface area contributed by atoms with Crippen LogP contribution in [0.5, 0.6) is 0 Å². The van der Waals surface area contributed by atoms with Crippen LogP contribution in [0, 0.1) is 11.3 Å². The molecule has 0 aliphatic heterocycles. The summed E-state index contributed by atoms with van der Waals surface area (Å²) in [5.41, 5.74) is 0.494. The minimum absolute atomic E-state index is 0.197. The van der Waals surface area contributed by atoms with E-state index in [0.29, 0.717) is 17.3 Å². The molecule has 0 spiro atoms. The van der Waals surface area contributed by atoms with Crippen LogP contribution in [0.25, 0.3) is 5.95 Å². The van der Waals surface area contributed by atoms with Gasteiger partial charge in [-0.1, -0.05) is 0 Å². The lowest BCUT2D eigenvalue weighted by atomic mass is 10.0. The minimum atomic E-state index is 0.197. The van der Waals surface area contributed by atoms with Gasteiger partial charge in [-0.25, -0.2) is 4.98 Å². The quantitative estimate of drug-likeness (QED) is 0.915. The van der Waals surface area contributed by atoms with E-state index in [0.717, 1.165) is 12.5 Å². The fourth-order valence-electron chi connectivity index (χ4n) is 2.75. The third kappa shape index (κ3) is 2.24. The molecular weight excluding hydrogens is 276 g/mol. The first kappa shape index (κ1) is 12.1. The van der Waals surface area contributed by atoms with Crippen LogP contribution >= 0.6 is 11.6 Å². The first-order chi connectivity index (χ1) is 9.75. The van der Waals surface area contributed by atoms with E-state index in [1.54, 1.807) is 23.3 Å². The molecule has 20 heavy (non-hydrogen) atoms. The van der Waals surface area contributed by atoms with Gasteiger partial charge < -0.3 is 5.32 Å². The molecule has 0 aromatic carbocycles. The van der Waals surface area contributed by atoms with Crippen LogP contribution in [0.2, 0.25) is 5.28 Å². The zero-order valence-electron chi connectivity index (χ0n) is 11.0. The average molecular weight is 291 g/mol. The van der Waals surface area contributed by atoms with Gasteiger partial charge in [-0.05, 0) is 48.6 Å². The number of imidazole rings is 1. The summed E-state index contributed by atoms with van der Waals surface area (Å²) in [5, 5.41) is 3.53. The number of aromatic nitrogens is 5. The molecule has 2 aliphatic rings. The molecule has 6 nitrogen and oxygen atoms in total. The van der Waals surface area contributed by atoms with Gasteiger partial charge >= 0.3 is 0 Å². The Labute approximate surface area is 121 Å². The summed E-state index contributed by atoms with van der Waals surface area (Å²) in [6, 6.07) is 0. The van der Waals surface area contributed by atoms with Gasteiger partial charge in [-0.15, -0.1) is 0 Å². The summed E-state index contributed by atoms with van der Waals surface area (Å²) in [6.45, 7) is 0.932. The number of halogens is 1. The molecule has 2 heterocycles. The Morgan fingerprint density at radius 3 is 2.80 bits per heavy atom. The largest absolute Gasteiger partial charge is 0.353 e. The molecule has 0 unspecified atom stereocenters. The maximum atomic E-state index is 5.97. The van der Waals surface area contributed by atoms with Crippen molar-refractivity contribution in [2.45, 2.75) is 25.7 Å². The van der Waals surface area contributed by atoms with E-state index in [9.17, 15) is 0 Å². The van der Waals surface area contributed by atoms with Crippen molar-refractivity contribution in [3.63, 3.8) is 0 Å². The van der Waals surface area contributed by atoms with E-state index in [1.165, 1.54) is 25.7 Å². The Bertz CT molecular complexity index is 618. The van der Waals surface area contributed by atoms with E-state index < -0.39 is 0 Å². The predicted octanol–water partition coefficient (Wildman–Crippen LogP) is 2.31. The number of hydrogen-bond donors (Lipinski definition) is 1. The van der Waals surface area contributed by atoms with Crippen LogP contribution < -0.4 is 5.32 Å². The van der Waals surface area contributed by atoms with E-state index in [-0.39, 0.29) is 5.28 Å². The Hall–Kier alpha value is -1.69. The SMILES string of the molecule is Clc1nc(NCC2(C3CC3)CC2)nc(-n2ccnc2)n1. The molecule has 2 aliphatic carbocycles. The molecule has 0 saturated heterocycles. The fraction of sp³-hybridized carbons (Fsp3) is 0.538. The zero-order valence-corrected chi connectivity index (χ0v) is 11.7. The lowest BCUT2D eigenvalue weighted by molar-refractivity contribution is 0.465. The van der Waals surface area contributed by atoms with Crippen molar-refractivity contribution in [3.05, 3.63) is 24.0 Å². The number of hydrogen-bond acceptors (Lipinski definition) is 5. The fourth-order valence-corrected chi connectivity index (χ4v) is 2.91. The van der Waals surface area contributed by atoms with Gasteiger partial charge in [0.1, 0.15) is 6.33 Å². The van der Waals surface area contributed by atoms with Gasteiger partial charge in [0.2, 0.25) is 17.2 Å². The molecule has 2 saturated carbocycles. The van der Waals surface area contributed by atoms with Gasteiger partial charge in [-0.2, -0.15) is 15.0 Å². The van der Waals surface area contributed by atoms with Crippen molar-refractivity contribution in [1.82, 2.24) is 24.5 Å². The molecule has 2 aromatic heterocycles. The van der Waals surface area contributed by atoms with Crippen molar-refractivity contribution < 1.29 is 0 Å². The minimum Gasteiger partial charge on any atom is -0.353 e. The van der Waals surface area contributed by atoms with Crippen LogP contribution in [0.15, 0.2) is 18.7 Å². The summed E-state index contributed by atoms with van der Waals surface area (Å²) < 4.78 is 1.71. The Kier molecular flexibility index (Phi) is 2.66. The van der Waals surface area contributed by atoms with Gasteiger partial charge in [0.25, 0.3) is 0 Å². The lowest BCUT2D eigenvalue weighted by Gasteiger charge is -2.15. The van der Waals surface area contributed by atoms with Crippen molar-refractivity contribution in [2.24, 2.45) is 11.3 Å². The van der Waals surface area contributed by atoms with Crippen LogP contribution in [-0.2, 0) is 0 Å². The normalized spacial score (nSPS) is 19.9. The Morgan fingerprint density at radius 2 is 2.15 bits per heavy atom. The second-order valence-electron chi connectivity index (χ2n) is 5.69. The maximum absolute atomic E-state index is 5.97. The summed E-state index contributed by atoms with van der Waals surface area (Å²) in [7, 11) is 0. The summed E-state index contributed by atoms with van der Waals surface area (Å²) in [6.07, 6.45) is 10.5. The molecule has 0 bridgehead atoms. The van der Waals surface area contributed by atoms with Crippen molar-refractivity contribution >= 4 is 17.5 Å². The molecule has 2 fully saturated rings. The highest BCUT2D eigenvalue weighted by molar-refractivity contribution is 6.28. The number of anilines is 1. The van der Waals surface area contributed by atoms with Crippen LogP contribution in [0.4, 0.5) is 5.95 Å². The number of nitrogens with zero attached hydrogens (tertiary/aromatic N) is 5. The van der Waals surface area contributed by atoms with E-state index in [1.807, 2.05) is 0 Å². The maximum Gasteiger partial charge on any atom is 0.241 e. The highest BCUT2D eigenvalue weighted by Gasteiger charge is 2.53. The Morgan fingerprint density at radius 1 is 1.30 bits per heavy atom. The summed E-state index contributed by atoms with van der Waals surface area (Å²) >= 11 is 5.97. The van der Waals surface area contributed by atoms with Crippen molar-refractivity contribution in [1.29, 1.82) is 0 Å². The number of rotatable bonds is 5. The van der Waals surface area contributed by atoms with Gasteiger partial charge in [-0.3, -0.25) is 4.57 Å². The highest BCUT2D eigenvalue weighted by Crippen LogP contribution is 2.61. The molecule has 0 radical (unpaired) electrons. The van der Waals surface area contributed by atoms with Crippen LogP contribution in [0.1, 0.15) is 25.7 Å². The zero-order chi connectivity index (χ0) is 13.6. The number of nitrogens with one attached hydrogen (secondary N) is 1. The van der Waals surface area contributed by atoms with Gasteiger partial charge in [0.15, 0.2) is 0 Å². The van der Waals surface area contributed by atoms with Crippen LogP contribution in [0.3, 0.4) is 0 Å². The topological polar surface area (TPSA) is 68.5 Å². The molecular formula is C13H15ClN6. The summed E-state index contributed by atoms with van der Waals surface area (Å²) in [4.78, 5) is 16.6. The van der Waals surface area contributed by atoms with Gasteiger partial charge in [0, 0.05) is 18.9 Å². The highest BCUT2D eigenvalue weighted by atomic mass is 35.5. The lowest BCUT2D eigenvalue weighted by Crippen LogP contribution is -2.19. The second-order valence-corrected chi connectivity index (χ2v) is 6.03. The summed E-state index contributed by atoms with van der Waals surface area (Å²) in [5.74, 6) is 1.93. The molecule has 0 atom stereocenters.